The molecule has 0 aromatic carbocycles. The molecule has 0 spiro atoms. The molecule has 17 heavy (non-hydrogen) atoms. The average Bonchev–Trinajstić information content (AvgIpc) is 2.49. The molecule has 0 aliphatic carbocycles. The van der Waals surface area contributed by atoms with Crippen LogP contribution in [0.3, 0.4) is 0 Å². The van der Waals surface area contributed by atoms with Crippen LogP contribution in [0.4, 0.5) is 22.1 Å². The van der Waals surface area contributed by atoms with Crippen molar-refractivity contribution in [2.75, 3.05) is 11.6 Å². The first-order valence-electron chi connectivity index (χ1n) is 4.63. The number of nitrogens with zero attached hydrogens (tertiary/aromatic N) is 3. The lowest BCUT2D eigenvalue weighted by molar-refractivity contribution is -0.671. The Morgan fingerprint density at radius 2 is 1.94 bits per heavy atom. The van der Waals surface area contributed by atoms with Crippen LogP contribution in [-0.4, -0.2) is 24.5 Å². The molecule has 1 aromatic rings. The lowest BCUT2D eigenvalue weighted by Gasteiger charge is -2.11. The first kappa shape index (κ1) is 15.3. The van der Waals surface area contributed by atoms with Gasteiger partial charge in [-0.25, -0.2) is 9.36 Å². The largest absolute Gasteiger partial charge is 0.673 e. The van der Waals surface area contributed by atoms with E-state index < -0.39 is 13.3 Å². The Labute approximate surface area is 95.5 Å². The molecule has 0 aliphatic rings. The van der Waals surface area contributed by atoms with Gasteiger partial charge < -0.3 is 23.0 Å². The second-order valence-electron chi connectivity index (χ2n) is 3.01. The summed E-state index contributed by atoms with van der Waals surface area (Å²) in [5, 5.41) is 1.43. The Hall–Kier alpha value is -1.74. The van der Waals surface area contributed by atoms with Crippen molar-refractivity contribution in [3.8, 4) is 0 Å². The van der Waals surface area contributed by atoms with Crippen LogP contribution in [0.1, 0.15) is 6.92 Å². The van der Waals surface area contributed by atoms with Gasteiger partial charge in [0.25, 0.3) is 6.33 Å². The highest BCUT2D eigenvalue weighted by Gasteiger charge is 2.20. The lowest BCUT2D eigenvalue weighted by Crippen LogP contribution is -2.44. The SMILES string of the molecule is CCN(C(N)=O)n1cc[n+](C)c1.F[B-](F)(F)F. The zero-order valence-corrected chi connectivity index (χ0v) is 9.36. The fourth-order valence-electron chi connectivity index (χ4n) is 1.01. The minimum Gasteiger partial charge on any atom is -0.418 e. The summed E-state index contributed by atoms with van der Waals surface area (Å²) >= 11 is 0. The van der Waals surface area contributed by atoms with Gasteiger partial charge in [-0.3, -0.25) is 0 Å². The number of carbonyl (C=O) groups excluding carboxylic acids is 1. The van der Waals surface area contributed by atoms with Crippen LogP contribution in [0.15, 0.2) is 18.7 Å². The molecule has 0 aliphatic heterocycles. The molecule has 0 bridgehead atoms. The first-order chi connectivity index (χ1) is 7.65. The molecular weight excluding hydrogens is 243 g/mol. The van der Waals surface area contributed by atoms with E-state index in [-0.39, 0.29) is 0 Å². The molecule has 2 N–H and O–H groups in total. The topological polar surface area (TPSA) is 55.1 Å². The Morgan fingerprint density at radius 3 is 2.18 bits per heavy atom. The third kappa shape index (κ3) is 7.20. The van der Waals surface area contributed by atoms with Crippen molar-refractivity contribution in [1.29, 1.82) is 0 Å². The van der Waals surface area contributed by atoms with Crippen LogP contribution in [-0.2, 0) is 7.05 Å². The zero-order chi connectivity index (χ0) is 13.6. The highest BCUT2D eigenvalue weighted by Crippen LogP contribution is 2.06. The molecule has 1 rings (SSSR count). The van der Waals surface area contributed by atoms with Gasteiger partial charge in [0.05, 0.1) is 13.6 Å². The van der Waals surface area contributed by atoms with E-state index in [1.54, 1.807) is 17.2 Å². The van der Waals surface area contributed by atoms with E-state index in [0.29, 0.717) is 6.54 Å². The molecule has 0 fully saturated rings. The summed E-state index contributed by atoms with van der Waals surface area (Å²) in [6.45, 7) is 2.43. The predicted molar refractivity (Wildman–Crippen MR) is 54.1 cm³/mol. The number of imidazole rings is 1. The molecule has 5 nitrogen and oxygen atoms in total. The lowest BCUT2D eigenvalue weighted by atomic mass is 10.3. The summed E-state index contributed by atoms with van der Waals surface area (Å²) < 4.78 is 42.5. The summed E-state index contributed by atoms with van der Waals surface area (Å²) in [7, 11) is -4.12. The van der Waals surface area contributed by atoms with Crippen molar-refractivity contribution in [1.82, 2.24) is 4.68 Å². The fraction of sp³-hybridized carbons (Fsp3) is 0.429. The van der Waals surface area contributed by atoms with Crippen LogP contribution in [0.25, 0.3) is 0 Å². The van der Waals surface area contributed by atoms with E-state index in [4.69, 9.17) is 5.73 Å². The number of hydrogen-bond donors (Lipinski definition) is 1. The van der Waals surface area contributed by atoms with Crippen molar-refractivity contribution in [2.45, 2.75) is 6.92 Å². The predicted octanol–water partition coefficient (Wildman–Crippen LogP) is 0.649. The van der Waals surface area contributed by atoms with Crippen molar-refractivity contribution in [3.05, 3.63) is 18.7 Å². The number of urea groups is 1. The maximum Gasteiger partial charge on any atom is 0.673 e. The molecule has 98 valence electrons. The fourth-order valence-corrected chi connectivity index (χ4v) is 1.01. The number of halogens is 4. The maximum absolute atomic E-state index is 10.9. The third-order valence-electron chi connectivity index (χ3n) is 1.59. The molecule has 10 heteroatoms. The number of nitrogens with two attached hydrogens (primary N) is 1. The summed E-state index contributed by atoms with van der Waals surface area (Å²) in [6, 6.07) is -0.450. The normalized spacial score (nSPS) is 10.5. The Morgan fingerprint density at radius 1 is 1.47 bits per heavy atom. The molecule has 1 aromatic heterocycles. The monoisotopic (exact) mass is 256 g/mol. The van der Waals surface area contributed by atoms with E-state index in [1.165, 1.54) is 5.01 Å². The van der Waals surface area contributed by atoms with Gasteiger partial charge in [0.2, 0.25) is 0 Å². The highest BCUT2D eigenvalue weighted by atomic mass is 19.5. The standard InChI is InChI=1S/C7H12N4O.BF4/c1-3-11(7(8)12)10-5-4-9(2)6-10;2-1(3,4)5/h4-6H,3H2,1-2H3,(H-,8,12);/q;-1/p+1. The number of aryl methyl sites for hydroxylation is 1. The van der Waals surface area contributed by atoms with Crippen molar-refractivity contribution < 1.29 is 26.6 Å². The summed E-state index contributed by atoms with van der Waals surface area (Å²) in [5.41, 5.74) is 5.15. The summed E-state index contributed by atoms with van der Waals surface area (Å²) in [6.07, 6.45) is 5.38. The van der Waals surface area contributed by atoms with Gasteiger partial charge >= 0.3 is 13.3 Å². The van der Waals surface area contributed by atoms with Gasteiger partial charge in [-0.05, 0) is 6.92 Å². The van der Waals surface area contributed by atoms with Crippen LogP contribution in [0.5, 0.6) is 0 Å². The number of carbonyl (C=O) groups is 1. The molecule has 0 unspecified atom stereocenters. The minimum atomic E-state index is -6.00. The van der Waals surface area contributed by atoms with Gasteiger partial charge in [0, 0.05) is 0 Å². The van der Waals surface area contributed by atoms with Crippen LogP contribution in [0.2, 0.25) is 0 Å². The summed E-state index contributed by atoms with van der Waals surface area (Å²) in [4.78, 5) is 10.9. The van der Waals surface area contributed by atoms with Crippen molar-refractivity contribution >= 4 is 13.3 Å². The second-order valence-corrected chi connectivity index (χ2v) is 3.01. The van der Waals surface area contributed by atoms with Crippen molar-refractivity contribution in [2.24, 2.45) is 12.8 Å². The van der Waals surface area contributed by atoms with E-state index >= 15 is 0 Å². The van der Waals surface area contributed by atoms with Gasteiger partial charge in [0.1, 0.15) is 6.20 Å². The number of primary amides is 1. The molecule has 0 radical (unpaired) electrons. The van der Waals surface area contributed by atoms with E-state index in [2.05, 4.69) is 0 Å². The van der Waals surface area contributed by atoms with Gasteiger partial charge in [0.15, 0.2) is 6.20 Å². The molecule has 1 heterocycles. The first-order valence-corrected chi connectivity index (χ1v) is 4.63. The second kappa shape index (κ2) is 6.11. The number of amides is 2. The van der Waals surface area contributed by atoms with Gasteiger partial charge in [-0.2, -0.15) is 5.01 Å². The average molecular weight is 256 g/mol. The number of rotatable bonds is 2. The molecule has 2 amide bonds. The number of hydrogen-bond acceptors (Lipinski definition) is 1. The molecule has 0 saturated heterocycles. The Bertz CT molecular complexity index is 361. The van der Waals surface area contributed by atoms with Gasteiger partial charge in [-0.1, -0.05) is 0 Å². The maximum atomic E-state index is 10.9. The zero-order valence-electron chi connectivity index (χ0n) is 9.36. The van der Waals surface area contributed by atoms with E-state index in [1.807, 2.05) is 24.7 Å². The van der Waals surface area contributed by atoms with Crippen LogP contribution in [0, 0.1) is 0 Å². The number of aromatic nitrogens is 2. The smallest absolute Gasteiger partial charge is 0.418 e. The Balaban J connectivity index is 0.000000437. The summed E-state index contributed by atoms with van der Waals surface area (Å²) in [5.74, 6) is 0. The third-order valence-corrected chi connectivity index (χ3v) is 1.59. The molecule has 0 saturated carbocycles. The molecule has 0 atom stereocenters. The van der Waals surface area contributed by atoms with Crippen LogP contribution >= 0.6 is 0 Å². The highest BCUT2D eigenvalue weighted by molar-refractivity contribution is 6.50. The van der Waals surface area contributed by atoms with E-state index in [0.717, 1.165) is 0 Å². The van der Waals surface area contributed by atoms with E-state index in [9.17, 15) is 22.1 Å². The van der Waals surface area contributed by atoms with Crippen LogP contribution < -0.4 is 15.3 Å². The quantitative estimate of drug-likeness (QED) is 0.471. The van der Waals surface area contributed by atoms with Gasteiger partial charge in [-0.15, -0.1) is 4.68 Å². The minimum absolute atomic E-state index is 0.450. The van der Waals surface area contributed by atoms with Crippen molar-refractivity contribution in [3.63, 3.8) is 0 Å². The molecular formula is C7H13BF4N4O. The Kier molecular flexibility index (Phi) is 5.49.